The van der Waals surface area contributed by atoms with Gasteiger partial charge < -0.3 is 19.7 Å². The molecule has 6 nitrogen and oxygen atoms in total. The molecule has 0 radical (unpaired) electrons. The van der Waals surface area contributed by atoms with E-state index in [9.17, 15) is 0 Å². The Bertz CT molecular complexity index is 566. The minimum absolute atomic E-state index is 0.0573. The molecule has 2 N–H and O–H groups in total. The number of nitrogens with zero attached hydrogens (tertiary/aromatic N) is 2. The number of aliphatic hydroxyl groups is 1. The van der Waals surface area contributed by atoms with E-state index in [2.05, 4.69) is 15.5 Å². The van der Waals surface area contributed by atoms with Crippen LogP contribution in [0.4, 0.5) is 0 Å². The molecule has 0 saturated carbocycles. The summed E-state index contributed by atoms with van der Waals surface area (Å²) in [4.78, 5) is 4.16. The largest absolute Gasteiger partial charge is 0.490 e. The molecule has 3 rings (SSSR count). The maximum atomic E-state index is 8.87. The maximum Gasteiger partial charge on any atom is 0.168 e. The first-order chi connectivity index (χ1) is 9.85. The average molecular weight is 275 g/mol. The monoisotopic (exact) mass is 275 g/mol. The Kier molecular flexibility index (Phi) is 3.94. The summed E-state index contributed by atoms with van der Waals surface area (Å²) < 4.78 is 10.9. The minimum Gasteiger partial charge on any atom is -0.490 e. The molecule has 0 aliphatic carbocycles. The molecule has 1 aliphatic heterocycles. The Morgan fingerprint density at radius 2 is 2.30 bits per heavy atom. The van der Waals surface area contributed by atoms with Gasteiger partial charge in [-0.05, 0) is 19.0 Å². The Hall–Kier alpha value is -1.92. The SMILES string of the molecule is OCCc1cc(-c2cncc(OC[C@@H]3CCN3)c2)on1. The number of aromatic nitrogens is 2. The molecule has 1 fully saturated rings. The zero-order valence-corrected chi connectivity index (χ0v) is 11.1. The van der Waals surface area contributed by atoms with Gasteiger partial charge in [0, 0.05) is 36.9 Å². The lowest BCUT2D eigenvalue weighted by Gasteiger charge is -2.27. The van der Waals surface area contributed by atoms with E-state index in [1.165, 1.54) is 0 Å². The third-order valence-electron chi connectivity index (χ3n) is 3.30. The third-order valence-corrected chi connectivity index (χ3v) is 3.30. The van der Waals surface area contributed by atoms with Crippen LogP contribution >= 0.6 is 0 Å². The van der Waals surface area contributed by atoms with E-state index in [1.807, 2.05) is 12.1 Å². The van der Waals surface area contributed by atoms with E-state index in [0.29, 0.717) is 24.8 Å². The van der Waals surface area contributed by atoms with Gasteiger partial charge in [0.05, 0.1) is 11.9 Å². The highest BCUT2D eigenvalue weighted by Crippen LogP contribution is 2.23. The van der Waals surface area contributed by atoms with E-state index < -0.39 is 0 Å². The molecule has 0 bridgehead atoms. The van der Waals surface area contributed by atoms with E-state index in [4.69, 9.17) is 14.4 Å². The second-order valence-electron chi connectivity index (χ2n) is 4.82. The number of ether oxygens (including phenoxy) is 1. The Morgan fingerprint density at radius 1 is 1.40 bits per heavy atom. The molecule has 2 aromatic heterocycles. The van der Waals surface area contributed by atoms with Crippen LogP contribution in [-0.2, 0) is 6.42 Å². The van der Waals surface area contributed by atoms with Gasteiger partial charge in [0.25, 0.3) is 0 Å². The predicted molar refractivity (Wildman–Crippen MR) is 72.4 cm³/mol. The van der Waals surface area contributed by atoms with Gasteiger partial charge in [-0.15, -0.1) is 0 Å². The van der Waals surface area contributed by atoms with Crippen LogP contribution in [-0.4, -0.2) is 41.0 Å². The molecular formula is C14H17N3O3. The summed E-state index contributed by atoms with van der Waals surface area (Å²) in [6.45, 7) is 1.77. The van der Waals surface area contributed by atoms with Crippen LogP contribution in [0.3, 0.4) is 0 Å². The first-order valence-corrected chi connectivity index (χ1v) is 6.73. The molecule has 0 amide bonds. The van der Waals surface area contributed by atoms with Crippen molar-refractivity contribution in [2.75, 3.05) is 19.8 Å². The standard InChI is InChI=1S/C14H17N3O3/c18-4-2-11-6-14(20-17-11)10-5-13(8-15-7-10)19-9-12-1-3-16-12/h5-8,12,16,18H,1-4,9H2/t12-/m0/s1. The molecule has 6 heteroatoms. The molecule has 20 heavy (non-hydrogen) atoms. The minimum atomic E-state index is 0.0573. The fraction of sp³-hybridized carbons (Fsp3) is 0.429. The molecule has 106 valence electrons. The van der Waals surface area contributed by atoms with Crippen molar-refractivity contribution in [2.45, 2.75) is 18.9 Å². The Labute approximate surface area is 116 Å². The molecule has 0 unspecified atom stereocenters. The van der Waals surface area contributed by atoms with Crippen LogP contribution in [0.5, 0.6) is 5.75 Å². The lowest BCUT2D eigenvalue weighted by molar-refractivity contribution is 0.217. The van der Waals surface area contributed by atoms with Crippen molar-refractivity contribution >= 4 is 0 Å². The van der Waals surface area contributed by atoms with Gasteiger partial charge in [-0.3, -0.25) is 4.98 Å². The van der Waals surface area contributed by atoms with Crippen molar-refractivity contribution in [3.05, 3.63) is 30.2 Å². The molecule has 1 saturated heterocycles. The van der Waals surface area contributed by atoms with Crippen LogP contribution in [0.15, 0.2) is 29.0 Å². The van der Waals surface area contributed by atoms with Crippen molar-refractivity contribution in [1.82, 2.24) is 15.5 Å². The Balaban J connectivity index is 1.68. The van der Waals surface area contributed by atoms with Crippen molar-refractivity contribution in [3.63, 3.8) is 0 Å². The van der Waals surface area contributed by atoms with Gasteiger partial charge in [-0.25, -0.2) is 0 Å². The second kappa shape index (κ2) is 6.02. The highest BCUT2D eigenvalue weighted by Gasteiger charge is 2.17. The van der Waals surface area contributed by atoms with Crippen molar-refractivity contribution in [3.8, 4) is 17.1 Å². The number of hydrogen-bond donors (Lipinski definition) is 2. The fourth-order valence-corrected chi connectivity index (χ4v) is 2.00. The number of nitrogens with one attached hydrogen (secondary N) is 1. The van der Waals surface area contributed by atoms with E-state index in [-0.39, 0.29) is 6.61 Å². The molecule has 2 aromatic rings. The number of rotatable bonds is 6. The summed E-state index contributed by atoms with van der Waals surface area (Å²) in [6.07, 6.45) is 5.03. The summed E-state index contributed by atoms with van der Waals surface area (Å²) >= 11 is 0. The van der Waals surface area contributed by atoms with Crippen molar-refractivity contribution in [1.29, 1.82) is 0 Å². The molecule has 3 heterocycles. The van der Waals surface area contributed by atoms with Gasteiger partial charge in [0.1, 0.15) is 12.4 Å². The number of pyridine rings is 1. The van der Waals surface area contributed by atoms with Gasteiger partial charge >= 0.3 is 0 Å². The summed E-state index contributed by atoms with van der Waals surface area (Å²) in [6, 6.07) is 4.14. The molecule has 0 spiro atoms. The van der Waals surface area contributed by atoms with Crippen LogP contribution in [0.1, 0.15) is 12.1 Å². The van der Waals surface area contributed by atoms with E-state index in [0.717, 1.165) is 30.0 Å². The maximum absolute atomic E-state index is 8.87. The van der Waals surface area contributed by atoms with Crippen molar-refractivity contribution < 1.29 is 14.4 Å². The van der Waals surface area contributed by atoms with Crippen LogP contribution in [0.25, 0.3) is 11.3 Å². The average Bonchev–Trinajstić information content (AvgIpc) is 2.86. The van der Waals surface area contributed by atoms with Crippen molar-refractivity contribution in [2.24, 2.45) is 0 Å². The number of aliphatic hydroxyl groups excluding tert-OH is 1. The summed E-state index contributed by atoms with van der Waals surface area (Å²) in [5, 5.41) is 16.1. The van der Waals surface area contributed by atoms with E-state index >= 15 is 0 Å². The fourth-order valence-electron chi connectivity index (χ4n) is 2.00. The molecule has 1 aliphatic rings. The smallest absolute Gasteiger partial charge is 0.168 e. The second-order valence-corrected chi connectivity index (χ2v) is 4.82. The summed E-state index contributed by atoms with van der Waals surface area (Å²) in [7, 11) is 0. The predicted octanol–water partition coefficient (Wildman–Crippen LogP) is 1.01. The van der Waals surface area contributed by atoms with Gasteiger partial charge in [0.15, 0.2) is 5.76 Å². The lowest BCUT2D eigenvalue weighted by atomic mass is 10.1. The van der Waals surface area contributed by atoms with Crippen LogP contribution in [0.2, 0.25) is 0 Å². The Morgan fingerprint density at radius 3 is 3.05 bits per heavy atom. The lowest BCUT2D eigenvalue weighted by Crippen LogP contribution is -2.46. The van der Waals surface area contributed by atoms with Crippen LogP contribution in [0, 0.1) is 0 Å². The quantitative estimate of drug-likeness (QED) is 0.819. The third kappa shape index (κ3) is 2.97. The van der Waals surface area contributed by atoms with Gasteiger partial charge in [-0.2, -0.15) is 0 Å². The first-order valence-electron chi connectivity index (χ1n) is 6.73. The highest BCUT2D eigenvalue weighted by molar-refractivity contribution is 5.57. The summed E-state index contributed by atoms with van der Waals surface area (Å²) in [5.41, 5.74) is 1.55. The van der Waals surface area contributed by atoms with Gasteiger partial charge in [0.2, 0.25) is 0 Å². The highest BCUT2D eigenvalue weighted by atomic mass is 16.5. The topological polar surface area (TPSA) is 80.4 Å². The zero-order chi connectivity index (χ0) is 13.8. The zero-order valence-electron chi connectivity index (χ0n) is 11.1. The van der Waals surface area contributed by atoms with Gasteiger partial charge in [-0.1, -0.05) is 5.16 Å². The summed E-state index contributed by atoms with van der Waals surface area (Å²) in [5.74, 6) is 1.35. The van der Waals surface area contributed by atoms with E-state index in [1.54, 1.807) is 12.4 Å². The normalized spacial score (nSPS) is 17.8. The molecule has 1 atom stereocenters. The number of hydrogen-bond acceptors (Lipinski definition) is 6. The first kappa shape index (κ1) is 13.1. The molecular weight excluding hydrogens is 258 g/mol. The van der Waals surface area contributed by atoms with Crippen LogP contribution < -0.4 is 10.1 Å². The molecule has 0 aromatic carbocycles.